The largest absolute Gasteiger partial charge is 0.528 e. The topological polar surface area (TPSA) is 95.5 Å². The van der Waals surface area contributed by atoms with Crippen molar-refractivity contribution in [3.63, 3.8) is 0 Å². The van der Waals surface area contributed by atoms with Crippen molar-refractivity contribution in [2.45, 2.75) is 83.9 Å². The van der Waals surface area contributed by atoms with Gasteiger partial charge in [-0.05, 0) is 77.1 Å². The first-order valence-electron chi connectivity index (χ1n) is 12.0. The summed E-state index contributed by atoms with van der Waals surface area (Å²) in [5, 5.41) is 11.3. The number of hydrogen-bond donors (Lipinski definition) is 0. The summed E-state index contributed by atoms with van der Waals surface area (Å²) in [7, 11) is 0. The van der Waals surface area contributed by atoms with Crippen LogP contribution in [-0.4, -0.2) is 36.6 Å². The molecule has 1 aliphatic carbocycles. The number of nitrogens with zero attached hydrogens (tertiary/aromatic N) is 5. The third-order valence-electron chi connectivity index (χ3n) is 6.37. The van der Waals surface area contributed by atoms with E-state index in [1.165, 1.54) is 0 Å². The van der Waals surface area contributed by atoms with Gasteiger partial charge in [0.25, 0.3) is 0 Å². The number of halogens is 1. The lowest BCUT2D eigenvalue weighted by molar-refractivity contribution is -0.155. The highest BCUT2D eigenvalue weighted by atomic mass is 35.5. The summed E-state index contributed by atoms with van der Waals surface area (Å²) in [5.41, 5.74) is 2.13. The van der Waals surface area contributed by atoms with Crippen molar-refractivity contribution in [3.8, 4) is 5.69 Å². The number of hydrogen-bond acceptors (Lipinski definition) is 8. The summed E-state index contributed by atoms with van der Waals surface area (Å²) in [4.78, 5) is 22.4. The first-order chi connectivity index (χ1) is 16.7. The lowest BCUT2D eigenvalue weighted by Crippen LogP contribution is -2.31. The van der Waals surface area contributed by atoms with Crippen LogP contribution in [0.4, 0.5) is 4.79 Å². The van der Waals surface area contributed by atoms with Gasteiger partial charge < -0.3 is 14.0 Å². The summed E-state index contributed by atoms with van der Waals surface area (Å²) < 4.78 is 13.1. The van der Waals surface area contributed by atoms with Crippen LogP contribution in [0.1, 0.15) is 87.1 Å². The fraction of sp³-hybridized carbons (Fsp3) is 0.520. The van der Waals surface area contributed by atoms with Crippen LogP contribution in [0.25, 0.3) is 5.69 Å². The summed E-state index contributed by atoms with van der Waals surface area (Å²) >= 11 is 6.33. The molecular formula is C25H30ClN5O4. The Bertz CT molecular complexity index is 1220. The molecule has 1 saturated carbocycles. The highest BCUT2D eigenvalue weighted by Crippen LogP contribution is 2.41. The molecule has 3 aromatic rings. The molecule has 0 atom stereocenters. The van der Waals surface area contributed by atoms with Gasteiger partial charge in [-0.15, -0.1) is 15.3 Å². The Kier molecular flexibility index (Phi) is 6.31. The van der Waals surface area contributed by atoms with Crippen LogP contribution in [0, 0.1) is 6.92 Å². The number of carbonyl (C=O) groups is 1. The third kappa shape index (κ3) is 5.21. The van der Waals surface area contributed by atoms with Crippen molar-refractivity contribution in [2.24, 2.45) is 0 Å². The fourth-order valence-corrected chi connectivity index (χ4v) is 5.05. The molecule has 0 radical (unpaired) electrons. The Hall–Kier alpha value is -2.91. The van der Waals surface area contributed by atoms with Crippen LogP contribution in [-0.2, 0) is 22.7 Å². The van der Waals surface area contributed by atoms with Crippen molar-refractivity contribution < 1.29 is 18.8 Å². The summed E-state index contributed by atoms with van der Waals surface area (Å²) in [6.07, 6.45) is 4.85. The molecular weight excluding hydrogens is 470 g/mol. The highest BCUT2D eigenvalue weighted by molar-refractivity contribution is 6.30. The Morgan fingerprint density at radius 3 is 2.54 bits per heavy atom. The number of aromatic nitrogens is 4. The SMILES string of the molecule is Cc1coc(C2CCC(c3nnc4n3-c3ccc(Cl)cc3CN(OC(=O)OC(C)(C)C)C4)CC2)n1. The van der Waals surface area contributed by atoms with E-state index >= 15 is 0 Å². The zero-order valence-electron chi connectivity index (χ0n) is 20.5. The molecule has 0 spiro atoms. The van der Waals surface area contributed by atoms with Crippen LogP contribution in [0.15, 0.2) is 28.9 Å². The van der Waals surface area contributed by atoms with E-state index in [1.54, 1.807) is 32.1 Å². The van der Waals surface area contributed by atoms with E-state index in [4.69, 9.17) is 25.6 Å². The average Bonchev–Trinajstić information content (AvgIpc) is 3.36. The van der Waals surface area contributed by atoms with Gasteiger partial charge >= 0.3 is 6.16 Å². The zero-order valence-corrected chi connectivity index (χ0v) is 21.2. The predicted octanol–water partition coefficient (Wildman–Crippen LogP) is 5.84. The lowest BCUT2D eigenvalue weighted by Gasteiger charge is -2.26. The van der Waals surface area contributed by atoms with Gasteiger partial charge in [0.1, 0.15) is 17.7 Å². The van der Waals surface area contributed by atoms with Gasteiger partial charge in [0.05, 0.1) is 24.5 Å². The van der Waals surface area contributed by atoms with Crippen molar-refractivity contribution >= 4 is 17.8 Å². The average molecular weight is 500 g/mol. The number of carbonyl (C=O) groups excluding carboxylic acids is 1. The van der Waals surface area contributed by atoms with Crippen LogP contribution in [0.3, 0.4) is 0 Å². The van der Waals surface area contributed by atoms with Gasteiger partial charge in [0, 0.05) is 16.9 Å². The second-order valence-electron chi connectivity index (χ2n) is 10.3. The van der Waals surface area contributed by atoms with E-state index in [0.29, 0.717) is 23.3 Å². The Labute approximate surface area is 209 Å². The van der Waals surface area contributed by atoms with Gasteiger partial charge in [-0.2, -0.15) is 0 Å². The predicted molar refractivity (Wildman–Crippen MR) is 128 cm³/mol. The number of aryl methyl sites for hydroxylation is 1. The summed E-state index contributed by atoms with van der Waals surface area (Å²) in [5.74, 6) is 3.04. The number of ether oxygens (including phenoxy) is 1. The molecule has 35 heavy (non-hydrogen) atoms. The molecule has 3 heterocycles. The van der Waals surface area contributed by atoms with E-state index in [-0.39, 0.29) is 12.5 Å². The highest BCUT2D eigenvalue weighted by Gasteiger charge is 2.33. The molecule has 1 fully saturated rings. The summed E-state index contributed by atoms with van der Waals surface area (Å²) in [6, 6.07) is 5.73. The maximum Gasteiger partial charge on any atom is 0.528 e. The van der Waals surface area contributed by atoms with Gasteiger partial charge in [0.2, 0.25) is 0 Å². The maximum absolute atomic E-state index is 12.4. The smallest absolute Gasteiger partial charge is 0.448 e. The second kappa shape index (κ2) is 9.28. The van der Waals surface area contributed by atoms with Crippen molar-refractivity contribution in [2.75, 3.05) is 0 Å². The Morgan fingerprint density at radius 2 is 1.86 bits per heavy atom. The first kappa shape index (κ1) is 23.8. The van der Waals surface area contributed by atoms with E-state index < -0.39 is 11.8 Å². The molecule has 2 aliphatic rings. The third-order valence-corrected chi connectivity index (χ3v) is 6.61. The number of fused-ring (bicyclic) bond motifs is 3. The monoisotopic (exact) mass is 499 g/mol. The van der Waals surface area contributed by atoms with E-state index in [0.717, 1.165) is 54.3 Å². The molecule has 9 nitrogen and oxygen atoms in total. The van der Waals surface area contributed by atoms with E-state index in [1.807, 2.05) is 25.1 Å². The van der Waals surface area contributed by atoms with E-state index in [2.05, 4.69) is 19.7 Å². The number of benzene rings is 1. The van der Waals surface area contributed by atoms with Crippen molar-refractivity contribution in [1.29, 1.82) is 0 Å². The lowest BCUT2D eigenvalue weighted by atomic mass is 9.81. The van der Waals surface area contributed by atoms with Gasteiger partial charge in [-0.25, -0.2) is 9.78 Å². The second-order valence-corrected chi connectivity index (χ2v) is 10.7. The number of oxazole rings is 1. The molecule has 10 heteroatoms. The Balaban J connectivity index is 1.40. The summed E-state index contributed by atoms with van der Waals surface area (Å²) in [6.45, 7) is 7.98. The van der Waals surface area contributed by atoms with Gasteiger partial charge in [-0.1, -0.05) is 11.6 Å². The number of hydroxylamine groups is 2. The molecule has 186 valence electrons. The molecule has 0 amide bonds. The maximum atomic E-state index is 12.4. The minimum absolute atomic E-state index is 0.255. The molecule has 1 aromatic carbocycles. The van der Waals surface area contributed by atoms with Gasteiger partial charge in [0.15, 0.2) is 11.7 Å². The van der Waals surface area contributed by atoms with Crippen LogP contribution >= 0.6 is 11.6 Å². The molecule has 1 aliphatic heterocycles. The molecule has 5 rings (SSSR count). The standard InChI is InChI=1S/C25H30ClN5O4/c1-15-14-33-23(27-15)17-7-5-16(6-8-17)22-29-28-21-13-30(35-24(32)34-25(2,3)4)12-18-11-19(26)9-10-20(18)31(21)22/h9-11,14,16-17H,5-8,12-13H2,1-4H3. The first-order valence-corrected chi connectivity index (χ1v) is 12.3. The molecule has 2 aromatic heterocycles. The fourth-order valence-electron chi connectivity index (χ4n) is 4.86. The van der Waals surface area contributed by atoms with Crippen molar-refractivity contribution in [3.05, 3.63) is 58.3 Å². The zero-order chi connectivity index (χ0) is 24.7. The van der Waals surface area contributed by atoms with Crippen LogP contribution < -0.4 is 0 Å². The van der Waals surface area contributed by atoms with Crippen LogP contribution in [0.5, 0.6) is 0 Å². The van der Waals surface area contributed by atoms with Crippen molar-refractivity contribution in [1.82, 2.24) is 24.8 Å². The minimum atomic E-state index is -0.755. The molecule has 0 bridgehead atoms. The Morgan fingerprint density at radius 1 is 1.11 bits per heavy atom. The minimum Gasteiger partial charge on any atom is -0.448 e. The number of rotatable bonds is 3. The van der Waals surface area contributed by atoms with Crippen LogP contribution in [0.2, 0.25) is 5.02 Å². The van der Waals surface area contributed by atoms with E-state index in [9.17, 15) is 4.79 Å². The molecule has 0 unspecified atom stereocenters. The molecule has 0 saturated heterocycles. The molecule has 0 N–H and O–H groups in total. The normalized spacial score (nSPS) is 20.6. The quantitative estimate of drug-likeness (QED) is 0.414. The van der Waals surface area contributed by atoms with Gasteiger partial charge in [-0.3, -0.25) is 4.57 Å².